The highest BCUT2D eigenvalue weighted by Crippen LogP contribution is 2.29. The summed E-state index contributed by atoms with van der Waals surface area (Å²) in [6, 6.07) is 4.79. The maximum absolute atomic E-state index is 14.0. The summed E-state index contributed by atoms with van der Waals surface area (Å²) in [4.78, 5) is 12.2. The fourth-order valence-electron chi connectivity index (χ4n) is 3.16. The second-order valence-electron chi connectivity index (χ2n) is 6.39. The Hall–Kier alpha value is -1.42. The highest BCUT2D eigenvalue weighted by Gasteiger charge is 2.29. The van der Waals surface area contributed by atoms with Gasteiger partial charge in [-0.2, -0.15) is 0 Å². The molecule has 0 spiro atoms. The number of amides is 1. The molecule has 1 fully saturated rings. The second kappa shape index (κ2) is 6.56. The van der Waals surface area contributed by atoms with Crippen LogP contribution in [0.15, 0.2) is 18.2 Å². The molecule has 1 saturated carbocycles. The van der Waals surface area contributed by atoms with Gasteiger partial charge in [0, 0.05) is 11.6 Å². The fraction of sp³-hybridized carbons (Fsp3) is 0.588. The quantitative estimate of drug-likeness (QED) is 0.899. The number of carbonyl (C=O) groups excluding carboxylic acids is 1. The number of aliphatic hydroxyl groups is 1. The van der Waals surface area contributed by atoms with Crippen molar-refractivity contribution in [1.29, 1.82) is 0 Å². The maximum atomic E-state index is 14.0. The molecule has 0 bridgehead atoms. The summed E-state index contributed by atoms with van der Waals surface area (Å²) >= 11 is 0. The van der Waals surface area contributed by atoms with Crippen molar-refractivity contribution in [2.75, 3.05) is 0 Å². The van der Waals surface area contributed by atoms with Crippen LogP contribution in [0.3, 0.4) is 0 Å². The number of halogens is 1. The third-order valence-electron chi connectivity index (χ3n) is 4.52. The van der Waals surface area contributed by atoms with E-state index < -0.39 is 17.8 Å². The molecule has 4 unspecified atom stereocenters. The first kappa shape index (κ1) is 16.0. The van der Waals surface area contributed by atoms with Crippen LogP contribution in [0, 0.1) is 24.6 Å². The van der Waals surface area contributed by atoms with Gasteiger partial charge in [-0.1, -0.05) is 32.0 Å². The zero-order chi connectivity index (χ0) is 15.6. The molecule has 0 radical (unpaired) electrons. The molecule has 0 saturated heterocycles. The number of nitrogens with one attached hydrogen (secondary N) is 1. The van der Waals surface area contributed by atoms with Crippen LogP contribution in [-0.4, -0.2) is 17.1 Å². The summed E-state index contributed by atoms with van der Waals surface area (Å²) in [5.41, 5.74) is 0.475. The molecule has 1 aromatic rings. The fourth-order valence-corrected chi connectivity index (χ4v) is 3.16. The number of hydrogen-bond donors (Lipinski definition) is 2. The van der Waals surface area contributed by atoms with Gasteiger partial charge in [-0.25, -0.2) is 4.39 Å². The lowest BCUT2D eigenvalue weighted by molar-refractivity contribution is -0.131. The molecule has 4 atom stereocenters. The molecule has 1 amide bonds. The van der Waals surface area contributed by atoms with Crippen molar-refractivity contribution in [3.8, 4) is 0 Å². The SMILES string of the molecule is Cc1cccc(C(O)C(=O)NC2CCC(C)CC2C)c1F. The molecule has 21 heavy (non-hydrogen) atoms. The lowest BCUT2D eigenvalue weighted by atomic mass is 9.80. The number of aliphatic hydroxyl groups excluding tert-OH is 1. The van der Waals surface area contributed by atoms with E-state index in [-0.39, 0.29) is 11.6 Å². The van der Waals surface area contributed by atoms with Gasteiger partial charge in [-0.3, -0.25) is 4.79 Å². The predicted octanol–water partition coefficient (Wildman–Crippen LogP) is 3.11. The molecular formula is C17H24FNO2. The van der Waals surface area contributed by atoms with Crippen LogP contribution < -0.4 is 5.32 Å². The van der Waals surface area contributed by atoms with Gasteiger partial charge in [-0.15, -0.1) is 0 Å². The van der Waals surface area contributed by atoms with E-state index in [1.165, 1.54) is 6.07 Å². The van der Waals surface area contributed by atoms with E-state index in [4.69, 9.17) is 0 Å². The van der Waals surface area contributed by atoms with Gasteiger partial charge in [-0.05, 0) is 43.6 Å². The van der Waals surface area contributed by atoms with Gasteiger partial charge in [0.1, 0.15) is 5.82 Å². The summed E-state index contributed by atoms with van der Waals surface area (Å²) < 4.78 is 14.0. The van der Waals surface area contributed by atoms with Crippen molar-refractivity contribution in [1.82, 2.24) is 5.32 Å². The van der Waals surface area contributed by atoms with E-state index in [2.05, 4.69) is 19.2 Å². The van der Waals surface area contributed by atoms with Crippen molar-refractivity contribution in [3.63, 3.8) is 0 Å². The Bertz CT molecular complexity index is 518. The van der Waals surface area contributed by atoms with Crippen LogP contribution in [0.2, 0.25) is 0 Å². The summed E-state index contributed by atoms with van der Waals surface area (Å²) in [6.45, 7) is 5.94. The number of benzene rings is 1. The van der Waals surface area contributed by atoms with Crippen molar-refractivity contribution in [2.45, 2.75) is 52.2 Å². The highest BCUT2D eigenvalue weighted by molar-refractivity contribution is 5.82. The molecule has 3 nitrogen and oxygen atoms in total. The lowest BCUT2D eigenvalue weighted by Crippen LogP contribution is -2.44. The van der Waals surface area contributed by atoms with Crippen molar-refractivity contribution in [2.24, 2.45) is 11.8 Å². The Balaban J connectivity index is 2.04. The molecule has 1 aromatic carbocycles. The van der Waals surface area contributed by atoms with Gasteiger partial charge < -0.3 is 10.4 Å². The summed E-state index contributed by atoms with van der Waals surface area (Å²) in [5, 5.41) is 13.0. The van der Waals surface area contributed by atoms with E-state index in [1.54, 1.807) is 19.1 Å². The number of hydrogen-bond acceptors (Lipinski definition) is 2. The van der Waals surface area contributed by atoms with E-state index in [0.29, 0.717) is 17.4 Å². The minimum absolute atomic E-state index is 0.0457. The maximum Gasteiger partial charge on any atom is 0.253 e. The minimum atomic E-state index is -1.45. The van der Waals surface area contributed by atoms with Gasteiger partial charge in [0.2, 0.25) is 0 Å². The van der Waals surface area contributed by atoms with E-state index in [0.717, 1.165) is 19.3 Å². The topological polar surface area (TPSA) is 49.3 Å². The zero-order valence-corrected chi connectivity index (χ0v) is 12.9. The van der Waals surface area contributed by atoms with Gasteiger partial charge >= 0.3 is 0 Å². The van der Waals surface area contributed by atoms with E-state index >= 15 is 0 Å². The van der Waals surface area contributed by atoms with Crippen molar-refractivity contribution >= 4 is 5.91 Å². The molecule has 0 aromatic heterocycles. The molecule has 2 rings (SSSR count). The third-order valence-corrected chi connectivity index (χ3v) is 4.52. The number of aryl methyl sites for hydroxylation is 1. The van der Waals surface area contributed by atoms with Crippen LogP contribution in [0.4, 0.5) is 4.39 Å². The Morgan fingerprint density at radius 1 is 1.38 bits per heavy atom. The normalized spacial score (nSPS) is 27.2. The zero-order valence-electron chi connectivity index (χ0n) is 12.9. The molecule has 4 heteroatoms. The van der Waals surface area contributed by atoms with Crippen LogP contribution in [0.5, 0.6) is 0 Å². The van der Waals surface area contributed by atoms with Crippen LogP contribution in [0.1, 0.15) is 50.3 Å². The first-order valence-corrected chi connectivity index (χ1v) is 7.63. The minimum Gasteiger partial charge on any atom is -0.378 e. The first-order chi connectivity index (χ1) is 9.90. The molecule has 0 heterocycles. The van der Waals surface area contributed by atoms with E-state index in [1.807, 2.05) is 0 Å². The Kier molecular flexibility index (Phi) is 4.99. The Morgan fingerprint density at radius 2 is 2.10 bits per heavy atom. The largest absolute Gasteiger partial charge is 0.378 e. The molecule has 0 aliphatic heterocycles. The summed E-state index contributed by atoms with van der Waals surface area (Å²) in [7, 11) is 0. The predicted molar refractivity (Wildman–Crippen MR) is 80.2 cm³/mol. The molecule has 1 aliphatic carbocycles. The summed E-state index contributed by atoms with van der Waals surface area (Å²) in [6.07, 6.45) is 1.61. The van der Waals surface area contributed by atoms with Crippen molar-refractivity contribution in [3.05, 3.63) is 35.1 Å². The first-order valence-electron chi connectivity index (χ1n) is 7.63. The lowest BCUT2D eigenvalue weighted by Gasteiger charge is -2.33. The average molecular weight is 293 g/mol. The molecule has 2 N–H and O–H groups in total. The Morgan fingerprint density at radius 3 is 2.76 bits per heavy atom. The average Bonchev–Trinajstić information content (AvgIpc) is 2.44. The smallest absolute Gasteiger partial charge is 0.253 e. The molecule has 116 valence electrons. The van der Waals surface area contributed by atoms with Crippen LogP contribution in [-0.2, 0) is 4.79 Å². The van der Waals surface area contributed by atoms with E-state index in [9.17, 15) is 14.3 Å². The second-order valence-corrected chi connectivity index (χ2v) is 6.39. The van der Waals surface area contributed by atoms with Gasteiger partial charge in [0.25, 0.3) is 5.91 Å². The number of carbonyl (C=O) groups is 1. The highest BCUT2D eigenvalue weighted by atomic mass is 19.1. The molecule has 1 aliphatic rings. The number of rotatable bonds is 3. The standard InChI is InChI=1S/C17H24FNO2/c1-10-7-8-14(12(3)9-10)19-17(21)16(20)13-6-4-5-11(2)15(13)18/h4-6,10,12,14,16,20H,7-9H2,1-3H3,(H,19,21). The van der Waals surface area contributed by atoms with Crippen LogP contribution in [0.25, 0.3) is 0 Å². The van der Waals surface area contributed by atoms with Crippen LogP contribution >= 0.6 is 0 Å². The Labute approximate surface area is 125 Å². The van der Waals surface area contributed by atoms with Gasteiger partial charge in [0.05, 0.1) is 0 Å². The monoisotopic (exact) mass is 293 g/mol. The van der Waals surface area contributed by atoms with Crippen molar-refractivity contribution < 1.29 is 14.3 Å². The third kappa shape index (κ3) is 3.62. The summed E-state index contributed by atoms with van der Waals surface area (Å²) in [5.74, 6) is 0.0379. The molecular weight excluding hydrogens is 269 g/mol. The van der Waals surface area contributed by atoms with Gasteiger partial charge in [0.15, 0.2) is 6.10 Å².